The summed E-state index contributed by atoms with van der Waals surface area (Å²) in [4.78, 5) is 18.2. The summed E-state index contributed by atoms with van der Waals surface area (Å²) in [6.45, 7) is -1.52. The van der Waals surface area contributed by atoms with E-state index < -0.39 is 6.61 Å². The molecule has 1 atom stereocenters. The number of para-hydroxylation sites is 3. The van der Waals surface area contributed by atoms with Crippen molar-refractivity contribution in [3.63, 3.8) is 0 Å². The van der Waals surface area contributed by atoms with Crippen molar-refractivity contribution in [1.82, 2.24) is 10.6 Å². The van der Waals surface area contributed by atoms with Gasteiger partial charge in [0.2, 0.25) is 5.91 Å². The second kappa shape index (κ2) is 12.3. The predicted octanol–water partition coefficient (Wildman–Crippen LogP) is 3.29. The van der Waals surface area contributed by atoms with Gasteiger partial charge in [0.1, 0.15) is 5.75 Å². The van der Waals surface area contributed by atoms with Gasteiger partial charge in [0.25, 0.3) is 0 Å². The molecule has 0 aromatic heterocycles. The van der Waals surface area contributed by atoms with E-state index in [1.165, 1.54) is 6.07 Å². The lowest BCUT2D eigenvalue weighted by Crippen LogP contribution is -2.46. The Morgan fingerprint density at radius 3 is 2.61 bits per heavy atom. The largest absolute Gasteiger partial charge is 0.433 e. The Balaban J connectivity index is 0.00000341. The quantitative estimate of drug-likeness (QED) is 0.283. The monoisotopic (exact) mass is 545 g/mol. The van der Waals surface area contributed by atoms with Gasteiger partial charge in [0, 0.05) is 31.9 Å². The van der Waals surface area contributed by atoms with Gasteiger partial charge in [-0.25, -0.2) is 0 Å². The predicted molar refractivity (Wildman–Crippen MR) is 129 cm³/mol. The maximum atomic E-state index is 12.7. The Bertz CT molecular complexity index is 870. The number of carbonyl (C=O) groups excluding carboxylic acids is 1. The highest BCUT2D eigenvalue weighted by Gasteiger charge is 2.26. The van der Waals surface area contributed by atoms with Crippen molar-refractivity contribution in [1.29, 1.82) is 0 Å². The molecule has 1 aliphatic rings. The minimum absolute atomic E-state index is 0. The molecular weight excluding hydrogens is 519 g/mol. The molecule has 1 unspecified atom stereocenters. The fourth-order valence-corrected chi connectivity index (χ4v) is 3.29. The molecule has 1 aliphatic heterocycles. The molecule has 2 aromatic rings. The Kier molecular flexibility index (Phi) is 9.76. The molecule has 1 fully saturated rings. The van der Waals surface area contributed by atoms with Gasteiger partial charge >= 0.3 is 6.61 Å². The topological polar surface area (TPSA) is 78.0 Å². The van der Waals surface area contributed by atoms with Crippen LogP contribution in [0.15, 0.2) is 59.6 Å². The number of anilines is 2. The summed E-state index contributed by atoms with van der Waals surface area (Å²) in [6, 6.07) is 16.0. The van der Waals surface area contributed by atoms with Crippen molar-refractivity contribution in [3.8, 4) is 5.75 Å². The number of hydrogen-bond donors (Lipinski definition) is 3. The Hall–Kier alpha value is -2.63. The molecule has 0 spiro atoms. The van der Waals surface area contributed by atoms with Crippen LogP contribution in [0.1, 0.15) is 6.42 Å². The SMILES string of the molecule is CN=C(NCC(=O)Nc1ccccc1)NC1CCN(c2ccccc2OC(F)F)C1.I. The molecule has 0 saturated carbocycles. The van der Waals surface area contributed by atoms with Gasteiger partial charge in [-0.2, -0.15) is 8.78 Å². The average molecular weight is 545 g/mol. The zero-order valence-electron chi connectivity index (χ0n) is 17.1. The molecule has 1 heterocycles. The molecule has 1 saturated heterocycles. The van der Waals surface area contributed by atoms with Crippen molar-refractivity contribution < 1.29 is 18.3 Å². The van der Waals surface area contributed by atoms with E-state index in [4.69, 9.17) is 0 Å². The number of guanidine groups is 1. The van der Waals surface area contributed by atoms with E-state index in [2.05, 4.69) is 25.7 Å². The summed E-state index contributed by atoms with van der Waals surface area (Å²) in [5, 5.41) is 9.06. The minimum atomic E-state index is -2.87. The molecule has 0 radical (unpaired) electrons. The molecule has 168 valence electrons. The van der Waals surface area contributed by atoms with Crippen LogP contribution in [0.25, 0.3) is 0 Å². The second-order valence-electron chi connectivity index (χ2n) is 6.76. The normalized spacial score (nSPS) is 15.9. The lowest BCUT2D eigenvalue weighted by atomic mass is 10.2. The van der Waals surface area contributed by atoms with Gasteiger partial charge in [-0.3, -0.25) is 9.79 Å². The van der Waals surface area contributed by atoms with Gasteiger partial charge in [0.05, 0.1) is 12.2 Å². The highest BCUT2D eigenvalue weighted by atomic mass is 127. The summed E-state index contributed by atoms with van der Waals surface area (Å²) >= 11 is 0. The lowest BCUT2D eigenvalue weighted by Gasteiger charge is -2.22. The van der Waals surface area contributed by atoms with Crippen LogP contribution in [-0.2, 0) is 4.79 Å². The first-order valence-electron chi connectivity index (χ1n) is 9.66. The third kappa shape index (κ3) is 7.53. The number of halogens is 3. The van der Waals surface area contributed by atoms with Crippen LogP contribution in [0.5, 0.6) is 5.75 Å². The first-order valence-corrected chi connectivity index (χ1v) is 9.66. The molecular formula is C21H26F2IN5O2. The van der Waals surface area contributed by atoms with Gasteiger partial charge in [-0.15, -0.1) is 24.0 Å². The highest BCUT2D eigenvalue weighted by molar-refractivity contribution is 14.0. The van der Waals surface area contributed by atoms with E-state index in [9.17, 15) is 13.6 Å². The van der Waals surface area contributed by atoms with Crippen LogP contribution in [-0.4, -0.2) is 51.2 Å². The molecule has 31 heavy (non-hydrogen) atoms. The number of aliphatic imine (C=N–C) groups is 1. The highest BCUT2D eigenvalue weighted by Crippen LogP contribution is 2.31. The smallest absolute Gasteiger partial charge is 0.387 e. The second-order valence-corrected chi connectivity index (χ2v) is 6.76. The molecule has 7 nitrogen and oxygen atoms in total. The van der Waals surface area contributed by atoms with E-state index in [1.54, 1.807) is 25.2 Å². The zero-order chi connectivity index (χ0) is 21.3. The first kappa shape index (κ1) is 24.6. The molecule has 3 N–H and O–H groups in total. The summed E-state index contributed by atoms with van der Waals surface area (Å²) in [6.07, 6.45) is 0.792. The molecule has 2 aromatic carbocycles. The summed E-state index contributed by atoms with van der Waals surface area (Å²) in [5.41, 5.74) is 1.36. The molecule has 3 rings (SSSR count). The maximum absolute atomic E-state index is 12.7. The van der Waals surface area contributed by atoms with Crippen molar-refractivity contribution in [2.45, 2.75) is 19.1 Å². The van der Waals surface area contributed by atoms with Crippen LogP contribution in [0.2, 0.25) is 0 Å². The van der Waals surface area contributed by atoms with E-state index in [1.807, 2.05) is 35.2 Å². The number of nitrogens with zero attached hydrogens (tertiary/aromatic N) is 2. The number of hydrogen-bond acceptors (Lipinski definition) is 4. The third-order valence-electron chi connectivity index (χ3n) is 4.65. The maximum Gasteiger partial charge on any atom is 0.387 e. The molecule has 10 heteroatoms. The summed E-state index contributed by atoms with van der Waals surface area (Å²) in [7, 11) is 1.63. The van der Waals surface area contributed by atoms with Crippen molar-refractivity contribution in [2.75, 3.05) is 36.9 Å². The number of nitrogens with one attached hydrogen (secondary N) is 3. The van der Waals surface area contributed by atoms with Crippen LogP contribution in [0, 0.1) is 0 Å². The van der Waals surface area contributed by atoms with Gasteiger partial charge < -0.3 is 25.6 Å². The van der Waals surface area contributed by atoms with Crippen molar-refractivity contribution >= 4 is 47.2 Å². The Labute approximate surface area is 197 Å². The van der Waals surface area contributed by atoms with Crippen LogP contribution >= 0.6 is 24.0 Å². The fraction of sp³-hybridized carbons (Fsp3) is 0.333. The number of ether oxygens (including phenoxy) is 1. The van der Waals surface area contributed by atoms with Crippen molar-refractivity contribution in [3.05, 3.63) is 54.6 Å². The van der Waals surface area contributed by atoms with E-state index in [0.29, 0.717) is 24.7 Å². The lowest BCUT2D eigenvalue weighted by molar-refractivity contribution is -0.115. The van der Waals surface area contributed by atoms with Gasteiger partial charge in [-0.05, 0) is 30.7 Å². The number of carbonyl (C=O) groups is 1. The van der Waals surface area contributed by atoms with E-state index in [0.717, 1.165) is 12.1 Å². The molecule has 0 bridgehead atoms. The molecule has 0 aliphatic carbocycles. The summed E-state index contributed by atoms with van der Waals surface area (Å²) in [5.74, 6) is 0.477. The summed E-state index contributed by atoms with van der Waals surface area (Å²) < 4.78 is 30.0. The van der Waals surface area contributed by atoms with E-state index in [-0.39, 0.29) is 48.2 Å². The van der Waals surface area contributed by atoms with Crippen LogP contribution < -0.4 is 25.6 Å². The first-order chi connectivity index (χ1) is 14.5. The molecule has 1 amide bonds. The minimum Gasteiger partial charge on any atom is -0.433 e. The average Bonchev–Trinajstić information content (AvgIpc) is 3.20. The Morgan fingerprint density at radius 1 is 1.19 bits per heavy atom. The zero-order valence-corrected chi connectivity index (χ0v) is 19.4. The Morgan fingerprint density at radius 2 is 1.90 bits per heavy atom. The number of benzene rings is 2. The fourth-order valence-electron chi connectivity index (χ4n) is 3.29. The van der Waals surface area contributed by atoms with Gasteiger partial charge in [-0.1, -0.05) is 30.3 Å². The number of amides is 1. The van der Waals surface area contributed by atoms with Crippen molar-refractivity contribution in [2.24, 2.45) is 4.99 Å². The van der Waals surface area contributed by atoms with E-state index >= 15 is 0 Å². The number of alkyl halides is 2. The standard InChI is InChI=1S/C21H25F2N5O2.HI/c1-24-21(25-13-19(29)26-15-7-3-2-4-8-15)27-16-11-12-28(14-16)17-9-5-6-10-18(17)30-20(22)23;/h2-10,16,20H,11-14H2,1H3,(H,26,29)(H2,24,25,27);1H. The third-order valence-corrected chi connectivity index (χ3v) is 4.65. The number of rotatable bonds is 7. The van der Waals surface area contributed by atoms with Gasteiger partial charge in [0.15, 0.2) is 5.96 Å². The van der Waals surface area contributed by atoms with Crippen LogP contribution in [0.4, 0.5) is 20.2 Å². The van der Waals surface area contributed by atoms with Crippen LogP contribution in [0.3, 0.4) is 0 Å².